The second-order valence-corrected chi connectivity index (χ2v) is 6.15. The number of benzene rings is 1. The molecule has 0 amide bonds. The minimum atomic E-state index is -0.488. The highest BCUT2D eigenvalue weighted by Gasteiger charge is 2.15. The number of morpholine rings is 1. The third-order valence-corrected chi connectivity index (χ3v) is 4.10. The SMILES string of the molecule is C=CCOCC(O)CN(CCN1CCOCC1)Cc1ccccc1. The summed E-state index contributed by atoms with van der Waals surface area (Å²) in [6, 6.07) is 10.4. The highest BCUT2D eigenvalue weighted by molar-refractivity contribution is 5.14. The van der Waals surface area contributed by atoms with Gasteiger partial charge in [-0.25, -0.2) is 0 Å². The van der Waals surface area contributed by atoms with Crippen molar-refractivity contribution in [2.24, 2.45) is 0 Å². The van der Waals surface area contributed by atoms with Crippen molar-refractivity contribution in [1.82, 2.24) is 9.80 Å². The van der Waals surface area contributed by atoms with Crippen molar-refractivity contribution in [2.75, 3.05) is 59.2 Å². The Morgan fingerprint density at radius 3 is 2.75 bits per heavy atom. The van der Waals surface area contributed by atoms with Crippen molar-refractivity contribution in [1.29, 1.82) is 0 Å². The molecule has 1 saturated heterocycles. The molecule has 0 saturated carbocycles. The maximum Gasteiger partial charge on any atom is 0.0900 e. The van der Waals surface area contributed by atoms with Gasteiger partial charge in [-0.3, -0.25) is 9.80 Å². The van der Waals surface area contributed by atoms with Crippen molar-refractivity contribution < 1.29 is 14.6 Å². The molecule has 134 valence electrons. The molecule has 2 rings (SSSR count). The first-order valence-corrected chi connectivity index (χ1v) is 8.71. The van der Waals surface area contributed by atoms with E-state index < -0.39 is 6.10 Å². The largest absolute Gasteiger partial charge is 0.389 e. The van der Waals surface area contributed by atoms with E-state index in [0.29, 0.717) is 19.8 Å². The first-order valence-electron chi connectivity index (χ1n) is 8.71. The van der Waals surface area contributed by atoms with E-state index in [4.69, 9.17) is 9.47 Å². The summed E-state index contributed by atoms with van der Waals surface area (Å²) < 4.78 is 10.8. The maximum atomic E-state index is 10.2. The van der Waals surface area contributed by atoms with Crippen LogP contribution in [0.25, 0.3) is 0 Å². The van der Waals surface area contributed by atoms with Crippen LogP contribution in [0.3, 0.4) is 0 Å². The van der Waals surface area contributed by atoms with Gasteiger partial charge in [0.15, 0.2) is 0 Å². The molecule has 1 aliphatic rings. The molecular formula is C19H30N2O3. The summed E-state index contributed by atoms with van der Waals surface area (Å²) in [4.78, 5) is 4.72. The van der Waals surface area contributed by atoms with Gasteiger partial charge in [0.05, 0.1) is 32.5 Å². The number of nitrogens with zero attached hydrogens (tertiary/aromatic N) is 2. The van der Waals surface area contributed by atoms with E-state index in [0.717, 1.165) is 45.9 Å². The monoisotopic (exact) mass is 334 g/mol. The lowest BCUT2D eigenvalue weighted by Gasteiger charge is -2.31. The van der Waals surface area contributed by atoms with Crippen LogP contribution in [0.5, 0.6) is 0 Å². The van der Waals surface area contributed by atoms with E-state index in [9.17, 15) is 5.11 Å². The smallest absolute Gasteiger partial charge is 0.0900 e. The topological polar surface area (TPSA) is 45.2 Å². The lowest BCUT2D eigenvalue weighted by Crippen LogP contribution is -2.43. The minimum absolute atomic E-state index is 0.342. The fraction of sp³-hybridized carbons (Fsp3) is 0.579. The number of hydrogen-bond acceptors (Lipinski definition) is 5. The van der Waals surface area contributed by atoms with Gasteiger partial charge < -0.3 is 14.6 Å². The zero-order chi connectivity index (χ0) is 17.0. The molecule has 1 atom stereocenters. The molecule has 1 aromatic rings. The van der Waals surface area contributed by atoms with E-state index in [1.807, 2.05) is 6.07 Å². The number of aliphatic hydroxyl groups is 1. The van der Waals surface area contributed by atoms with Crippen LogP contribution in [-0.4, -0.2) is 80.2 Å². The van der Waals surface area contributed by atoms with E-state index in [2.05, 4.69) is 40.6 Å². The van der Waals surface area contributed by atoms with E-state index in [1.165, 1.54) is 5.56 Å². The molecule has 0 radical (unpaired) electrons. The standard InChI is InChI=1S/C19H30N2O3/c1-2-12-24-17-19(22)16-21(15-18-6-4-3-5-7-18)9-8-20-10-13-23-14-11-20/h2-7,19,22H,1,8-17H2. The Labute approximate surface area is 145 Å². The van der Waals surface area contributed by atoms with Crippen molar-refractivity contribution in [3.8, 4) is 0 Å². The van der Waals surface area contributed by atoms with Crippen molar-refractivity contribution in [3.05, 3.63) is 48.6 Å². The summed E-state index contributed by atoms with van der Waals surface area (Å²) >= 11 is 0. The normalized spacial score (nSPS) is 17.1. The molecule has 5 heteroatoms. The van der Waals surface area contributed by atoms with Crippen LogP contribution < -0.4 is 0 Å². The Balaban J connectivity index is 1.83. The molecule has 0 spiro atoms. The van der Waals surface area contributed by atoms with Gasteiger partial charge in [-0.05, 0) is 5.56 Å². The summed E-state index contributed by atoms with van der Waals surface area (Å²) in [5, 5.41) is 10.2. The van der Waals surface area contributed by atoms with Crippen LogP contribution in [0, 0.1) is 0 Å². The summed E-state index contributed by atoms with van der Waals surface area (Å²) in [7, 11) is 0. The van der Waals surface area contributed by atoms with Crippen LogP contribution in [0.4, 0.5) is 0 Å². The van der Waals surface area contributed by atoms with Crippen LogP contribution in [0.15, 0.2) is 43.0 Å². The third-order valence-electron chi connectivity index (χ3n) is 4.10. The highest BCUT2D eigenvalue weighted by atomic mass is 16.5. The van der Waals surface area contributed by atoms with Gasteiger partial charge in [0, 0.05) is 39.3 Å². The second-order valence-electron chi connectivity index (χ2n) is 6.15. The first kappa shape index (κ1) is 19.1. The molecular weight excluding hydrogens is 304 g/mol. The summed E-state index contributed by atoms with van der Waals surface area (Å²) in [5.41, 5.74) is 1.26. The van der Waals surface area contributed by atoms with Crippen molar-refractivity contribution >= 4 is 0 Å². The van der Waals surface area contributed by atoms with Crippen LogP contribution in [0.1, 0.15) is 5.56 Å². The lowest BCUT2D eigenvalue weighted by molar-refractivity contribution is 0.0128. The lowest BCUT2D eigenvalue weighted by atomic mass is 10.2. The second kappa shape index (κ2) is 11.3. The maximum absolute atomic E-state index is 10.2. The third kappa shape index (κ3) is 7.55. The molecule has 1 aromatic carbocycles. The van der Waals surface area contributed by atoms with E-state index in [1.54, 1.807) is 6.08 Å². The molecule has 24 heavy (non-hydrogen) atoms. The average Bonchev–Trinajstić information content (AvgIpc) is 2.62. The number of rotatable bonds is 11. The molecule has 0 aromatic heterocycles. The molecule has 1 heterocycles. The van der Waals surface area contributed by atoms with Crippen molar-refractivity contribution in [3.63, 3.8) is 0 Å². The predicted molar refractivity (Wildman–Crippen MR) is 96.0 cm³/mol. The zero-order valence-corrected chi connectivity index (χ0v) is 14.5. The molecule has 1 aliphatic heterocycles. The fourth-order valence-electron chi connectivity index (χ4n) is 2.82. The predicted octanol–water partition coefficient (Wildman–Crippen LogP) is 1.38. The summed E-state index contributed by atoms with van der Waals surface area (Å²) in [5.74, 6) is 0. The van der Waals surface area contributed by atoms with Crippen molar-refractivity contribution in [2.45, 2.75) is 12.6 Å². The summed E-state index contributed by atoms with van der Waals surface area (Å²) in [6.07, 6.45) is 1.21. The Hall–Kier alpha value is -1.24. The van der Waals surface area contributed by atoms with Gasteiger partial charge in [0.2, 0.25) is 0 Å². The number of hydrogen-bond donors (Lipinski definition) is 1. The zero-order valence-electron chi connectivity index (χ0n) is 14.5. The quantitative estimate of drug-likeness (QED) is 0.489. The molecule has 5 nitrogen and oxygen atoms in total. The fourth-order valence-corrected chi connectivity index (χ4v) is 2.82. The number of ether oxygens (including phenoxy) is 2. The Bertz CT molecular complexity index is 449. The molecule has 0 aliphatic carbocycles. The van der Waals surface area contributed by atoms with Gasteiger partial charge >= 0.3 is 0 Å². The van der Waals surface area contributed by atoms with Gasteiger partial charge in [-0.1, -0.05) is 36.4 Å². The van der Waals surface area contributed by atoms with E-state index in [-0.39, 0.29) is 0 Å². The summed E-state index contributed by atoms with van der Waals surface area (Å²) in [6.45, 7) is 11.4. The van der Waals surface area contributed by atoms with Crippen LogP contribution in [0.2, 0.25) is 0 Å². The Morgan fingerprint density at radius 2 is 2.04 bits per heavy atom. The van der Waals surface area contributed by atoms with Crippen LogP contribution in [-0.2, 0) is 16.0 Å². The van der Waals surface area contributed by atoms with Gasteiger partial charge in [-0.2, -0.15) is 0 Å². The molecule has 1 unspecified atom stereocenters. The average molecular weight is 334 g/mol. The van der Waals surface area contributed by atoms with Gasteiger partial charge in [0.25, 0.3) is 0 Å². The van der Waals surface area contributed by atoms with E-state index >= 15 is 0 Å². The highest BCUT2D eigenvalue weighted by Crippen LogP contribution is 2.07. The number of aliphatic hydroxyl groups excluding tert-OH is 1. The Morgan fingerprint density at radius 1 is 1.29 bits per heavy atom. The molecule has 0 bridgehead atoms. The Kier molecular flexibility index (Phi) is 9.02. The minimum Gasteiger partial charge on any atom is -0.389 e. The van der Waals surface area contributed by atoms with Gasteiger partial charge in [0.1, 0.15) is 0 Å². The molecule has 1 N–H and O–H groups in total. The first-order chi connectivity index (χ1) is 11.8. The van der Waals surface area contributed by atoms with Crippen LogP contribution >= 0.6 is 0 Å². The van der Waals surface area contributed by atoms with Gasteiger partial charge in [-0.15, -0.1) is 6.58 Å². The molecule has 1 fully saturated rings.